The van der Waals surface area contributed by atoms with Crippen molar-refractivity contribution in [3.63, 3.8) is 0 Å². The van der Waals surface area contributed by atoms with Crippen LogP contribution in [-0.2, 0) is 0 Å². The van der Waals surface area contributed by atoms with E-state index in [4.69, 9.17) is 5.73 Å². The number of anilines is 2. The fraction of sp³-hybridized carbons (Fsp3) is 0.333. The predicted octanol–water partition coefficient (Wildman–Crippen LogP) is 4.78. The van der Waals surface area contributed by atoms with Crippen LogP contribution in [-0.4, -0.2) is 6.54 Å². The van der Waals surface area contributed by atoms with Crippen molar-refractivity contribution in [2.75, 3.05) is 11.4 Å². The van der Waals surface area contributed by atoms with E-state index in [9.17, 15) is 4.39 Å². The maximum absolute atomic E-state index is 14.5. The lowest BCUT2D eigenvalue weighted by Gasteiger charge is -2.26. The summed E-state index contributed by atoms with van der Waals surface area (Å²) in [5, 5.41) is 0. The topological polar surface area (TPSA) is 29.3 Å². The van der Waals surface area contributed by atoms with Crippen LogP contribution in [0.3, 0.4) is 0 Å². The SMILES string of the molecule is CCCCN(c1ccccc1)c1ccc(C(C)N)cc1F. The zero-order valence-corrected chi connectivity index (χ0v) is 12.7. The van der Waals surface area contributed by atoms with Gasteiger partial charge in [-0.05, 0) is 43.2 Å². The van der Waals surface area contributed by atoms with Gasteiger partial charge in [-0.2, -0.15) is 0 Å². The molecule has 1 unspecified atom stereocenters. The molecule has 0 amide bonds. The summed E-state index contributed by atoms with van der Waals surface area (Å²) in [6.07, 6.45) is 2.09. The highest BCUT2D eigenvalue weighted by Gasteiger charge is 2.14. The van der Waals surface area contributed by atoms with Crippen molar-refractivity contribution in [2.24, 2.45) is 5.73 Å². The molecule has 0 saturated heterocycles. The summed E-state index contributed by atoms with van der Waals surface area (Å²) >= 11 is 0. The molecule has 0 aliphatic rings. The molecular formula is C18H23FN2. The Labute approximate surface area is 126 Å². The minimum atomic E-state index is -0.218. The molecule has 0 aromatic heterocycles. The van der Waals surface area contributed by atoms with Gasteiger partial charge in [0, 0.05) is 18.3 Å². The minimum absolute atomic E-state index is 0.158. The summed E-state index contributed by atoms with van der Waals surface area (Å²) in [4.78, 5) is 2.03. The van der Waals surface area contributed by atoms with Gasteiger partial charge in [0.1, 0.15) is 5.82 Å². The Morgan fingerprint density at radius 2 is 1.86 bits per heavy atom. The van der Waals surface area contributed by atoms with Crippen LogP contribution in [0.1, 0.15) is 38.3 Å². The van der Waals surface area contributed by atoms with Gasteiger partial charge in [0.25, 0.3) is 0 Å². The van der Waals surface area contributed by atoms with E-state index in [1.165, 1.54) is 0 Å². The second-order valence-electron chi connectivity index (χ2n) is 5.34. The monoisotopic (exact) mass is 286 g/mol. The molecule has 112 valence electrons. The second kappa shape index (κ2) is 7.23. The number of halogens is 1. The number of benzene rings is 2. The fourth-order valence-electron chi connectivity index (χ4n) is 2.34. The molecule has 0 fully saturated rings. The molecule has 2 aromatic carbocycles. The van der Waals surface area contributed by atoms with E-state index in [0.29, 0.717) is 5.69 Å². The predicted molar refractivity (Wildman–Crippen MR) is 87.4 cm³/mol. The molecule has 0 aliphatic carbocycles. The summed E-state index contributed by atoms with van der Waals surface area (Å²) in [5.41, 5.74) is 8.26. The molecule has 2 aromatic rings. The van der Waals surface area contributed by atoms with Gasteiger partial charge < -0.3 is 10.6 Å². The van der Waals surface area contributed by atoms with Crippen LogP contribution in [0.2, 0.25) is 0 Å². The molecule has 3 heteroatoms. The minimum Gasteiger partial charge on any atom is -0.339 e. The van der Waals surface area contributed by atoms with Crippen molar-refractivity contribution >= 4 is 11.4 Å². The molecule has 0 radical (unpaired) electrons. The normalized spacial score (nSPS) is 12.2. The summed E-state index contributed by atoms with van der Waals surface area (Å²) < 4.78 is 14.5. The fourth-order valence-corrected chi connectivity index (χ4v) is 2.34. The van der Waals surface area contributed by atoms with Crippen molar-refractivity contribution in [1.82, 2.24) is 0 Å². The molecule has 0 saturated carbocycles. The Balaban J connectivity index is 2.37. The highest BCUT2D eigenvalue weighted by Crippen LogP contribution is 2.29. The molecule has 0 heterocycles. The molecule has 0 aliphatic heterocycles. The van der Waals surface area contributed by atoms with Crippen molar-refractivity contribution in [2.45, 2.75) is 32.7 Å². The average molecular weight is 286 g/mol. The Kier molecular flexibility index (Phi) is 5.34. The molecule has 21 heavy (non-hydrogen) atoms. The molecule has 2 N–H and O–H groups in total. The highest BCUT2D eigenvalue weighted by molar-refractivity contribution is 5.64. The molecule has 0 spiro atoms. The third-order valence-corrected chi connectivity index (χ3v) is 3.59. The van der Waals surface area contributed by atoms with Gasteiger partial charge in [-0.25, -0.2) is 4.39 Å². The van der Waals surface area contributed by atoms with E-state index >= 15 is 0 Å². The number of hydrogen-bond acceptors (Lipinski definition) is 2. The average Bonchev–Trinajstić information content (AvgIpc) is 2.50. The lowest BCUT2D eigenvalue weighted by molar-refractivity contribution is 0.617. The molecule has 2 rings (SSSR count). The van der Waals surface area contributed by atoms with Crippen molar-refractivity contribution in [3.05, 3.63) is 59.9 Å². The standard InChI is InChI=1S/C18H23FN2/c1-3-4-12-21(16-8-6-5-7-9-16)18-11-10-15(14(2)20)13-17(18)19/h5-11,13-14H,3-4,12,20H2,1-2H3. The van der Waals surface area contributed by atoms with Gasteiger partial charge in [0.15, 0.2) is 0 Å². The van der Waals surface area contributed by atoms with Crippen molar-refractivity contribution in [1.29, 1.82) is 0 Å². The number of rotatable bonds is 6. The molecular weight excluding hydrogens is 263 g/mol. The number of hydrogen-bond donors (Lipinski definition) is 1. The molecule has 1 atom stereocenters. The van der Waals surface area contributed by atoms with E-state index in [1.54, 1.807) is 6.07 Å². The quantitative estimate of drug-likeness (QED) is 0.827. The number of unbranched alkanes of at least 4 members (excludes halogenated alkanes) is 1. The van der Waals surface area contributed by atoms with Crippen LogP contribution in [0.5, 0.6) is 0 Å². The van der Waals surface area contributed by atoms with Gasteiger partial charge in [-0.3, -0.25) is 0 Å². The first-order chi connectivity index (χ1) is 10.1. The third-order valence-electron chi connectivity index (χ3n) is 3.59. The largest absolute Gasteiger partial charge is 0.339 e. The summed E-state index contributed by atoms with van der Waals surface area (Å²) in [6.45, 7) is 4.80. The van der Waals surface area contributed by atoms with Crippen molar-refractivity contribution < 1.29 is 4.39 Å². The molecule has 2 nitrogen and oxygen atoms in total. The van der Waals surface area contributed by atoms with Crippen molar-refractivity contribution in [3.8, 4) is 0 Å². The number of para-hydroxylation sites is 1. The first-order valence-electron chi connectivity index (χ1n) is 7.51. The van der Waals surface area contributed by atoms with Gasteiger partial charge in [0.2, 0.25) is 0 Å². The Bertz CT molecular complexity index is 567. The third kappa shape index (κ3) is 3.82. The van der Waals surface area contributed by atoms with Gasteiger partial charge >= 0.3 is 0 Å². The smallest absolute Gasteiger partial charge is 0.147 e. The maximum atomic E-state index is 14.5. The Morgan fingerprint density at radius 3 is 2.43 bits per heavy atom. The van der Waals surface area contributed by atoms with E-state index in [1.807, 2.05) is 54.3 Å². The van der Waals surface area contributed by atoms with E-state index in [0.717, 1.165) is 30.6 Å². The Hall–Kier alpha value is -1.87. The first kappa shape index (κ1) is 15.5. The van der Waals surface area contributed by atoms with Gasteiger partial charge in [-0.1, -0.05) is 37.6 Å². The van der Waals surface area contributed by atoms with E-state index in [-0.39, 0.29) is 11.9 Å². The lowest BCUT2D eigenvalue weighted by Crippen LogP contribution is -2.20. The van der Waals surface area contributed by atoms with Gasteiger partial charge in [-0.15, -0.1) is 0 Å². The van der Waals surface area contributed by atoms with Gasteiger partial charge in [0.05, 0.1) is 5.69 Å². The zero-order chi connectivity index (χ0) is 15.2. The van der Waals surface area contributed by atoms with E-state index in [2.05, 4.69) is 6.92 Å². The highest BCUT2D eigenvalue weighted by atomic mass is 19.1. The van der Waals surface area contributed by atoms with Crippen LogP contribution in [0.15, 0.2) is 48.5 Å². The molecule has 0 bridgehead atoms. The first-order valence-corrected chi connectivity index (χ1v) is 7.51. The van der Waals surface area contributed by atoms with Crippen LogP contribution >= 0.6 is 0 Å². The zero-order valence-electron chi connectivity index (χ0n) is 12.7. The Morgan fingerprint density at radius 1 is 1.14 bits per heavy atom. The number of nitrogens with zero attached hydrogens (tertiary/aromatic N) is 1. The maximum Gasteiger partial charge on any atom is 0.147 e. The summed E-state index contributed by atoms with van der Waals surface area (Å²) in [5.74, 6) is -0.218. The van der Waals surface area contributed by atoms with Crippen LogP contribution < -0.4 is 10.6 Å². The van der Waals surface area contributed by atoms with Crippen LogP contribution in [0.25, 0.3) is 0 Å². The van der Waals surface area contributed by atoms with Crippen LogP contribution in [0, 0.1) is 5.82 Å². The second-order valence-corrected chi connectivity index (χ2v) is 5.34. The number of nitrogens with two attached hydrogens (primary N) is 1. The van der Waals surface area contributed by atoms with E-state index < -0.39 is 0 Å². The van der Waals surface area contributed by atoms with Crippen LogP contribution in [0.4, 0.5) is 15.8 Å². The summed E-state index contributed by atoms with van der Waals surface area (Å²) in [7, 11) is 0. The lowest BCUT2D eigenvalue weighted by atomic mass is 10.1. The summed E-state index contributed by atoms with van der Waals surface area (Å²) in [6, 6.07) is 15.1.